The van der Waals surface area contributed by atoms with Crippen LogP contribution in [0.4, 0.5) is 11.6 Å². The lowest BCUT2D eigenvalue weighted by molar-refractivity contribution is 0.0948. The molecule has 0 saturated heterocycles. The highest BCUT2D eigenvalue weighted by atomic mass is 79.9. The van der Waals surface area contributed by atoms with E-state index < -0.39 is 0 Å². The third-order valence-corrected chi connectivity index (χ3v) is 3.89. The standard InChI is InChI=1S/C16H19BrN4O/c1-10(2)7-18-15(22)12-8-19-16(20-9-12)21-13-4-5-14(17)11(3)6-13/h4-6,8-10H,7H2,1-3H3,(H,18,22)(H,19,20,21). The van der Waals surface area contributed by atoms with Crippen LogP contribution in [-0.4, -0.2) is 22.4 Å². The Labute approximate surface area is 138 Å². The molecule has 2 aromatic rings. The molecule has 2 N–H and O–H groups in total. The first-order chi connectivity index (χ1) is 10.5. The van der Waals surface area contributed by atoms with Crippen LogP contribution in [-0.2, 0) is 0 Å². The number of carbonyl (C=O) groups excluding carboxylic acids is 1. The average Bonchev–Trinajstić information content (AvgIpc) is 2.49. The summed E-state index contributed by atoms with van der Waals surface area (Å²) in [7, 11) is 0. The van der Waals surface area contributed by atoms with Crippen molar-refractivity contribution >= 4 is 33.5 Å². The van der Waals surface area contributed by atoms with Gasteiger partial charge in [-0.25, -0.2) is 9.97 Å². The highest BCUT2D eigenvalue weighted by Gasteiger charge is 2.08. The number of carbonyl (C=O) groups is 1. The maximum atomic E-state index is 11.9. The number of nitrogens with one attached hydrogen (secondary N) is 2. The smallest absolute Gasteiger partial charge is 0.254 e. The quantitative estimate of drug-likeness (QED) is 0.851. The number of halogens is 1. The number of hydrogen-bond donors (Lipinski definition) is 2. The van der Waals surface area contributed by atoms with Crippen LogP contribution < -0.4 is 10.6 Å². The molecule has 1 amide bonds. The van der Waals surface area contributed by atoms with Crippen LogP contribution in [0.1, 0.15) is 29.8 Å². The van der Waals surface area contributed by atoms with E-state index in [0.717, 1.165) is 15.7 Å². The third-order valence-electron chi connectivity index (χ3n) is 3.00. The Morgan fingerprint density at radius 1 is 1.27 bits per heavy atom. The zero-order valence-corrected chi connectivity index (χ0v) is 14.4. The Balaban J connectivity index is 2.02. The van der Waals surface area contributed by atoms with Crippen molar-refractivity contribution in [3.63, 3.8) is 0 Å². The fourth-order valence-corrected chi connectivity index (χ4v) is 2.01. The van der Waals surface area contributed by atoms with Gasteiger partial charge in [0, 0.05) is 29.1 Å². The highest BCUT2D eigenvalue weighted by molar-refractivity contribution is 9.10. The van der Waals surface area contributed by atoms with Gasteiger partial charge in [0.05, 0.1) is 5.56 Å². The lowest BCUT2D eigenvalue weighted by Gasteiger charge is -2.09. The van der Waals surface area contributed by atoms with Crippen molar-refractivity contribution in [2.24, 2.45) is 5.92 Å². The van der Waals surface area contributed by atoms with Gasteiger partial charge in [0.1, 0.15) is 0 Å². The Morgan fingerprint density at radius 2 is 1.95 bits per heavy atom. The summed E-state index contributed by atoms with van der Waals surface area (Å²) >= 11 is 3.46. The van der Waals surface area contributed by atoms with Crippen molar-refractivity contribution in [1.29, 1.82) is 0 Å². The van der Waals surface area contributed by atoms with Gasteiger partial charge in [-0.3, -0.25) is 4.79 Å². The van der Waals surface area contributed by atoms with E-state index in [0.29, 0.717) is 24.0 Å². The number of amides is 1. The van der Waals surface area contributed by atoms with Gasteiger partial charge >= 0.3 is 0 Å². The largest absolute Gasteiger partial charge is 0.352 e. The van der Waals surface area contributed by atoms with Gasteiger partial charge in [-0.05, 0) is 36.6 Å². The van der Waals surface area contributed by atoms with E-state index in [1.165, 1.54) is 12.4 Å². The van der Waals surface area contributed by atoms with Gasteiger partial charge in [-0.1, -0.05) is 29.8 Å². The second-order valence-electron chi connectivity index (χ2n) is 5.49. The molecule has 0 radical (unpaired) electrons. The van der Waals surface area contributed by atoms with Crippen LogP contribution in [0.15, 0.2) is 35.1 Å². The maximum absolute atomic E-state index is 11.9. The monoisotopic (exact) mass is 362 g/mol. The molecule has 1 heterocycles. The predicted molar refractivity (Wildman–Crippen MR) is 91.4 cm³/mol. The summed E-state index contributed by atoms with van der Waals surface area (Å²) in [6, 6.07) is 5.89. The van der Waals surface area contributed by atoms with Crippen LogP contribution in [0.3, 0.4) is 0 Å². The average molecular weight is 363 g/mol. The zero-order chi connectivity index (χ0) is 16.1. The van der Waals surface area contributed by atoms with Gasteiger partial charge < -0.3 is 10.6 Å². The first kappa shape index (κ1) is 16.4. The van der Waals surface area contributed by atoms with Crippen molar-refractivity contribution in [2.45, 2.75) is 20.8 Å². The molecular formula is C16H19BrN4O. The number of nitrogens with zero attached hydrogens (tertiary/aromatic N) is 2. The van der Waals surface area contributed by atoms with Crippen molar-refractivity contribution in [3.05, 3.63) is 46.2 Å². The molecule has 1 aromatic carbocycles. The minimum atomic E-state index is -0.153. The fraction of sp³-hybridized carbons (Fsp3) is 0.312. The topological polar surface area (TPSA) is 66.9 Å². The number of rotatable bonds is 5. The lowest BCUT2D eigenvalue weighted by Crippen LogP contribution is -2.27. The summed E-state index contributed by atoms with van der Waals surface area (Å²) in [4.78, 5) is 20.2. The fourth-order valence-electron chi connectivity index (χ4n) is 1.76. The zero-order valence-electron chi connectivity index (χ0n) is 12.9. The van der Waals surface area contributed by atoms with Crippen molar-refractivity contribution in [1.82, 2.24) is 15.3 Å². The molecule has 0 saturated carbocycles. The molecule has 5 nitrogen and oxygen atoms in total. The first-order valence-corrected chi connectivity index (χ1v) is 7.88. The molecule has 0 aliphatic heterocycles. The van der Waals surface area contributed by atoms with E-state index >= 15 is 0 Å². The molecule has 0 atom stereocenters. The van der Waals surface area contributed by atoms with Crippen LogP contribution in [0, 0.1) is 12.8 Å². The molecule has 2 rings (SSSR count). The Morgan fingerprint density at radius 3 is 2.55 bits per heavy atom. The van der Waals surface area contributed by atoms with Gasteiger partial charge in [0.2, 0.25) is 5.95 Å². The van der Waals surface area contributed by atoms with Gasteiger partial charge in [0.15, 0.2) is 0 Å². The lowest BCUT2D eigenvalue weighted by atomic mass is 10.2. The summed E-state index contributed by atoms with van der Waals surface area (Å²) < 4.78 is 1.05. The molecule has 0 bridgehead atoms. The van der Waals surface area contributed by atoms with Crippen LogP contribution in [0.2, 0.25) is 0 Å². The van der Waals surface area contributed by atoms with Crippen molar-refractivity contribution in [3.8, 4) is 0 Å². The molecule has 0 aliphatic rings. The van der Waals surface area contributed by atoms with Crippen molar-refractivity contribution < 1.29 is 4.79 Å². The van der Waals surface area contributed by atoms with Crippen LogP contribution >= 0.6 is 15.9 Å². The minimum absolute atomic E-state index is 0.153. The maximum Gasteiger partial charge on any atom is 0.254 e. The number of hydrogen-bond acceptors (Lipinski definition) is 4. The van der Waals surface area contributed by atoms with E-state index in [-0.39, 0.29) is 5.91 Å². The summed E-state index contributed by atoms with van der Waals surface area (Å²) in [6.45, 7) is 6.74. The molecule has 1 aromatic heterocycles. The normalized spacial score (nSPS) is 10.6. The molecule has 22 heavy (non-hydrogen) atoms. The minimum Gasteiger partial charge on any atom is -0.352 e. The summed E-state index contributed by atoms with van der Waals surface area (Å²) in [5.74, 6) is 0.716. The molecule has 116 valence electrons. The number of anilines is 2. The third kappa shape index (κ3) is 4.53. The van der Waals surface area contributed by atoms with E-state index in [2.05, 4.69) is 36.5 Å². The molecule has 6 heteroatoms. The molecule has 0 unspecified atom stereocenters. The molecule has 0 spiro atoms. The molecular weight excluding hydrogens is 344 g/mol. The number of aryl methyl sites for hydroxylation is 1. The second kappa shape index (κ2) is 7.35. The van der Waals surface area contributed by atoms with Gasteiger partial charge in [-0.15, -0.1) is 0 Å². The summed E-state index contributed by atoms with van der Waals surface area (Å²) in [5, 5.41) is 5.95. The Hall–Kier alpha value is -1.95. The first-order valence-electron chi connectivity index (χ1n) is 7.09. The van der Waals surface area contributed by atoms with Gasteiger partial charge in [0.25, 0.3) is 5.91 Å². The number of benzene rings is 1. The summed E-state index contributed by atoms with van der Waals surface area (Å²) in [5.41, 5.74) is 2.48. The Kier molecular flexibility index (Phi) is 5.49. The highest BCUT2D eigenvalue weighted by Crippen LogP contribution is 2.21. The summed E-state index contributed by atoms with van der Waals surface area (Å²) in [6.07, 6.45) is 3.05. The SMILES string of the molecule is Cc1cc(Nc2ncc(C(=O)NCC(C)C)cn2)ccc1Br. The second-order valence-corrected chi connectivity index (χ2v) is 6.34. The van der Waals surface area contributed by atoms with Crippen molar-refractivity contribution in [2.75, 3.05) is 11.9 Å². The Bertz CT molecular complexity index is 656. The van der Waals surface area contributed by atoms with Gasteiger partial charge in [-0.2, -0.15) is 0 Å². The predicted octanol–water partition coefficient (Wildman–Crippen LogP) is 3.68. The number of aromatic nitrogens is 2. The van der Waals surface area contributed by atoms with Crippen LogP contribution in [0.5, 0.6) is 0 Å². The molecule has 0 aliphatic carbocycles. The van der Waals surface area contributed by atoms with Crippen LogP contribution in [0.25, 0.3) is 0 Å². The van der Waals surface area contributed by atoms with E-state index in [9.17, 15) is 4.79 Å². The van der Waals surface area contributed by atoms with E-state index in [1.807, 2.05) is 39.0 Å². The van der Waals surface area contributed by atoms with E-state index in [1.54, 1.807) is 0 Å². The molecule has 0 fully saturated rings. The van der Waals surface area contributed by atoms with E-state index in [4.69, 9.17) is 0 Å².